The number of nitrogens with two attached hydrogens (primary N) is 1. The zero-order valence-electron chi connectivity index (χ0n) is 40.8. The number of cyclic esters (lactones) is 1. The average molecular weight is 932 g/mol. The van der Waals surface area contributed by atoms with Crippen molar-refractivity contribution in [1.82, 2.24) is 0 Å². The second-order valence-electron chi connectivity index (χ2n) is 18.4. The highest BCUT2D eigenvalue weighted by atomic mass is 16.7. The maximum atomic E-state index is 14.0. The number of primary amides is 1. The zero-order chi connectivity index (χ0) is 49.6. The van der Waals surface area contributed by atoms with Crippen molar-refractivity contribution in [2.45, 2.75) is 174 Å². The van der Waals surface area contributed by atoms with Crippen LogP contribution < -0.4 is 5.73 Å². The van der Waals surface area contributed by atoms with E-state index in [-0.39, 0.29) is 49.2 Å². The first-order chi connectivity index (χ1) is 31.0. The van der Waals surface area contributed by atoms with E-state index in [0.29, 0.717) is 12.0 Å². The molecule has 66 heavy (non-hydrogen) atoms. The number of allylic oxidation sites excluding steroid dienone is 6. The molecule has 0 aromatic rings. The van der Waals surface area contributed by atoms with E-state index >= 15 is 0 Å². The number of carbonyl (C=O) groups is 3. The molecule has 18 atom stereocenters. The molecule has 0 aliphatic carbocycles. The van der Waals surface area contributed by atoms with E-state index in [9.17, 15) is 34.8 Å². The summed E-state index contributed by atoms with van der Waals surface area (Å²) >= 11 is 0. The Bertz CT molecular complexity index is 1800. The van der Waals surface area contributed by atoms with Gasteiger partial charge in [0.25, 0.3) is 0 Å². The Labute approximate surface area is 391 Å². The van der Waals surface area contributed by atoms with Crippen molar-refractivity contribution < 1.29 is 72.7 Å². The van der Waals surface area contributed by atoms with Gasteiger partial charge in [0.1, 0.15) is 18.3 Å². The highest BCUT2D eigenvalue weighted by molar-refractivity contribution is 5.87. The number of aliphatic hydroxyl groups is 4. The fourth-order valence-electron chi connectivity index (χ4n) is 9.14. The van der Waals surface area contributed by atoms with Gasteiger partial charge in [0.15, 0.2) is 18.2 Å². The molecule has 0 aromatic carbocycles. The van der Waals surface area contributed by atoms with Gasteiger partial charge in [-0.15, -0.1) is 12.3 Å². The first-order valence-electron chi connectivity index (χ1n) is 23.0. The largest absolute Gasteiger partial charge is 0.490 e. The molecular formula is C50H77NO15. The Morgan fingerprint density at radius 3 is 2.35 bits per heavy atom. The first-order valence-corrected chi connectivity index (χ1v) is 23.0. The van der Waals surface area contributed by atoms with Crippen molar-refractivity contribution in [3.8, 4) is 12.3 Å². The molecule has 0 saturated carbocycles. The number of esters is 2. The van der Waals surface area contributed by atoms with Gasteiger partial charge in [-0.05, 0) is 46.1 Å². The summed E-state index contributed by atoms with van der Waals surface area (Å²) in [6.45, 7) is 17.9. The van der Waals surface area contributed by atoms with Crippen molar-refractivity contribution in [3.63, 3.8) is 0 Å². The van der Waals surface area contributed by atoms with Gasteiger partial charge in [0.05, 0.1) is 50.2 Å². The van der Waals surface area contributed by atoms with E-state index in [1.165, 1.54) is 20.3 Å². The molecule has 0 radical (unpaired) electrons. The lowest BCUT2D eigenvalue weighted by molar-refractivity contribution is -0.339. The Balaban J connectivity index is 2.01. The molecule has 0 spiro atoms. The molecule has 0 aromatic heterocycles. The Kier molecular flexibility index (Phi) is 22.1. The monoisotopic (exact) mass is 932 g/mol. The Morgan fingerprint density at radius 1 is 1.06 bits per heavy atom. The standard InChI is InChI=1S/C50H77NO15/c1-14-16-21-41(52)62-38-25-42(61-35(11)47(38)65-49(51)57)63-40-26-50(58,66-36(18-15-2)31(40)7)34(10)45(55)33(9)46-37(59-12)20-17-19-27(3)22-29(5)43(53)32(8)44(54)30(6)23-28(4)24-39(60-13)48(56)64-46/h1,15,17-20,23-24,29-38,40,42-47,53-55,58H,16,21-22,25-26H2,2-13H3,(H2,51,57)/b18-15+,20-17+,27-19+,28-23+,39-24-/t29-,30-,31-,32+,33+,34+,35+,36-,37+,38+,40-,42-,43+,44-,45-,46-,47+,50-/m1/s1. The topological polar surface area (TPSA) is 232 Å². The molecule has 372 valence electrons. The molecule has 3 heterocycles. The Morgan fingerprint density at radius 2 is 1.74 bits per heavy atom. The van der Waals surface area contributed by atoms with E-state index in [2.05, 4.69) is 5.92 Å². The summed E-state index contributed by atoms with van der Waals surface area (Å²) in [7, 11) is 2.78. The third-order valence-corrected chi connectivity index (χ3v) is 13.2. The van der Waals surface area contributed by atoms with E-state index < -0.39 is 109 Å². The second kappa shape index (κ2) is 25.9. The van der Waals surface area contributed by atoms with E-state index in [0.717, 1.165) is 5.57 Å². The summed E-state index contributed by atoms with van der Waals surface area (Å²) in [4.78, 5) is 38.5. The predicted molar refractivity (Wildman–Crippen MR) is 246 cm³/mol. The van der Waals surface area contributed by atoms with E-state index in [1.54, 1.807) is 65.0 Å². The summed E-state index contributed by atoms with van der Waals surface area (Å²) in [6.07, 6.45) is 6.50. The van der Waals surface area contributed by atoms with Crippen LogP contribution in [-0.2, 0) is 47.5 Å². The number of methoxy groups -OCH3 is 2. The van der Waals surface area contributed by atoms with Gasteiger partial charge in [0, 0.05) is 56.0 Å². The molecule has 3 rings (SSSR count). The van der Waals surface area contributed by atoms with E-state index in [1.807, 2.05) is 40.7 Å². The molecule has 3 aliphatic heterocycles. The number of amides is 1. The Hall–Kier alpha value is -4.05. The number of carbonyl (C=O) groups excluding carboxylic acids is 3. The molecule has 16 nitrogen and oxygen atoms in total. The SMILES string of the molecule is C#CCCC(=O)O[C@H]1C[C@@H](O[C@@H]2C[C@](O)([C@@H](C)[C@H](O)[C@H](C)[C@H]3OC(=O)/C(OC)=C/C(C)=C/[C@@H](C)[C@@H](O)[C@@H](C)[C@@H](O)[C@H](C)C/C(C)=C/C=C/[C@@H]3OC)O[C@H](/C=C/C)[C@H]2C)O[C@@H](C)[C@@H]1OC(N)=O. The zero-order valence-corrected chi connectivity index (χ0v) is 40.8. The van der Waals surface area contributed by atoms with Gasteiger partial charge in [-0.25, -0.2) is 9.59 Å². The van der Waals surface area contributed by atoms with Crippen LogP contribution in [0.1, 0.15) is 101 Å². The third-order valence-electron chi connectivity index (χ3n) is 13.2. The van der Waals surface area contributed by atoms with Gasteiger partial charge in [-0.3, -0.25) is 4.79 Å². The van der Waals surface area contributed by atoms with Crippen LogP contribution >= 0.6 is 0 Å². The highest BCUT2D eigenvalue weighted by Gasteiger charge is 2.53. The maximum absolute atomic E-state index is 14.0. The lowest BCUT2D eigenvalue weighted by atomic mass is 9.77. The van der Waals surface area contributed by atoms with Crippen molar-refractivity contribution in [3.05, 3.63) is 59.4 Å². The molecule has 0 bridgehead atoms. The van der Waals surface area contributed by atoms with Crippen LogP contribution in [0.3, 0.4) is 0 Å². The van der Waals surface area contributed by atoms with Gasteiger partial charge < -0.3 is 64.1 Å². The van der Waals surface area contributed by atoms with Crippen LogP contribution in [0.15, 0.2) is 59.4 Å². The van der Waals surface area contributed by atoms with Gasteiger partial charge in [0.2, 0.25) is 5.76 Å². The summed E-state index contributed by atoms with van der Waals surface area (Å²) < 4.78 is 47.7. The van der Waals surface area contributed by atoms with Crippen molar-refractivity contribution in [1.29, 1.82) is 0 Å². The van der Waals surface area contributed by atoms with Crippen molar-refractivity contribution in [2.75, 3.05) is 14.2 Å². The summed E-state index contributed by atoms with van der Waals surface area (Å²) in [5.74, 6) is -4.52. The molecule has 0 unspecified atom stereocenters. The lowest BCUT2D eigenvalue weighted by Gasteiger charge is -2.50. The summed E-state index contributed by atoms with van der Waals surface area (Å²) in [5, 5.41) is 47.2. The van der Waals surface area contributed by atoms with Crippen molar-refractivity contribution in [2.24, 2.45) is 41.2 Å². The van der Waals surface area contributed by atoms with Gasteiger partial charge in [-0.2, -0.15) is 0 Å². The smallest absolute Gasteiger partial charge is 0.404 e. The molecule has 2 saturated heterocycles. The van der Waals surface area contributed by atoms with Crippen LogP contribution in [-0.4, -0.2) is 126 Å². The predicted octanol–water partition coefficient (Wildman–Crippen LogP) is 5.56. The van der Waals surface area contributed by atoms with Gasteiger partial charge >= 0.3 is 18.0 Å². The number of hydrogen-bond acceptors (Lipinski definition) is 15. The van der Waals surface area contributed by atoms with Crippen LogP contribution in [0.5, 0.6) is 0 Å². The molecular weight excluding hydrogens is 855 g/mol. The number of rotatable bonds is 13. The summed E-state index contributed by atoms with van der Waals surface area (Å²) in [5.41, 5.74) is 6.90. The molecule has 6 N–H and O–H groups in total. The number of aliphatic hydroxyl groups excluding tert-OH is 3. The van der Waals surface area contributed by atoms with Crippen LogP contribution in [0.25, 0.3) is 0 Å². The lowest BCUT2D eigenvalue weighted by Crippen LogP contribution is -2.59. The van der Waals surface area contributed by atoms with Crippen LogP contribution in [0, 0.1) is 47.9 Å². The molecule has 3 aliphatic rings. The van der Waals surface area contributed by atoms with E-state index in [4.69, 9.17) is 50.1 Å². The second-order valence-corrected chi connectivity index (χ2v) is 18.4. The van der Waals surface area contributed by atoms with Gasteiger partial charge in [-0.1, -0.05) is 89.1 Å². The van der Waals surface area contributed by atoms with Crippen LogP contribution in [0.4, 0.5) is 4.79 Å². The minimum absolute atomic E-state index is 0.0435. The highest BCUT2D eigenvalue weighted by Crippen LogP contribution is 2.42. The average Bonchev–Trinajstić information content (AvgIpc) is 3.26. The number of terminal acetylenes is 1. The quantitative estimate of drug-likeness (QED) is 0.0659. The maximum Gasteiger partial charge on any atom is 0.404 e. The normalized spacial score (nSPS) is 39.6. The first kappa shape index (κ1) is 56.3. The molecule has 1 amide bonds. The number of hydrogen-bond donors (Lipinski definition) is 5. The minimum atomic E-state index is -2.02. The fourth-order valence-corrected chi connectivity index (χ4v) is 9.14. The minimum Gasteiger partial charge on any atom is -0.490 e. The summed E-state index contributed by atoms with van der Waals surface area (Å²) in [6, 6.07) is 0. The van der Waals surface area contributed by atoms with Crippen molar-refractivity contribution >= 4 is 18.0 Å². The van der Waals surface area contributed by atoms with Crippen LogP contribution in [0.2, 0.25) is 0 Å². The number of ether oxygens (including phenoxy) is 8. The molecule has 16 heteroatoms. The molecule has 2 fully saturated rings. The fraction of sp³-hybridized carbons (Fsp3) is 0.700. The third kappa shape index (κ3) is 15.2.